The van der Waals surface area contributed by atoms with Crippen LogP contribution < -0.4 is 5.73 Å². The molecule has 3 N–H and O–H groups in total. The quantitative estimate of drug-likeness (QED) is 0.650. The predicted octanol–water partition coefficient (Wildman–Crippen LogP) is 3.61. The number of rotatable bonds is 4. The Morgan fingerprint density at radius 1 is 1.33 bits per heavy atom. The molecule has 0 saturated heterocycles. The van der Waals surface area contributed by atoms with E-state index in [0.29, 0.717) is 5.56 Å². The standard InChI is InChI=1S/C14H19ClN2O3.ClH/c15-11-7-6-10(8-12(11)17(19)20)13(16)14(18)9-4-2-1-3-5-9;/h6-9,13-14,18H,1-5,16H2;1H/t13-,14+;/m0./s1. The number of aliphatic hydroxyl groups is 1. The molecule has 5 nitrogen and oxygen atoms in total. The first-order valence-corrected chi connectivity index (χ1v) is 7.26. The van der Waals surface area contributed by atoms with Gasteiger partial charge in [-0.2, -0.15) is 0 Å². The van der Waals surface area contributed by atoms with Crippen molar-refractivity contribution in [2.24, 2.45) is 11.7 Å². The van der Waals surface area contributed by atoms with Gasteiger partial charge in [-0.1, -0.05) is 36.9 Å². The van der Waals surface area contributed by atoms with E-state index >= 15 is 0 Å². The third-order valence-electron chi connectivity index (χ3n) is 4.05. The van der Waals surface area contributed by atoms with Gasteiger partial charge < -0.3 is 10.8 Å². The van der Waals surface area contributed by atoms with E-state index in [0.717, 1.165) is 25.7 Å². The van der Waals surface area contributed by atoms with Gasteiger partial charge in [0.2, 0.25) is 0 Å². The minimum Gasteiger partial charge on any atom is -0.391 e. The summed E-state index contributed by atoms with van der Waals surface area (Å²) in [6, 6.07) is 3.85. The molecule has 1 fully saturated rings. The number of aliphatic hydroxyl groups excluding tert-OH is 1. The summed E-state index contributed by atoms with van der Waals surface area (Å²) in [6.45, 7) is 0. The van der Waals surface area contributed by atoms with Crippen molar-refractivity contribution in [1.29, 1.82) is 0 Å². The van der Waals surface area contributed by atoms with E-state index < -0.39 is 17.1 Å². The Morgan fingerprint density at radius 2 is 1.95 bits per heavy atom. The molecule has 1 aliphatic rings. The molecule has 0 unspecified atom stereocenters. The summed E-state index contributed by atoms with van der Waals surface area (Å²) in [4.78, 5) is 10.3. The van der Waals surface area contributed by atoms with E-state index in [1.54, 1.807) is 6.07 Å². The number of nitrogens with two attached hydrogens (primary N) is 1. The molecule has 0 aliphatic heterocycles. The van der Waals surface area contributed by atoms with Gasteiger partial charge in [-0.05, 0) is 30.4 Å². The zero-order valence-corrected chi connectivity index (χ0v) is 13.1. The van der Waals surface area contributed by atoms with Crippen molar-refractivity contribution in [3.05, 3.63) is 38.9 Å². The fourth-order valence-corrected chi connectivity index (χ4v) is 3.03. The predicted molar refractivity (Wildman–Crippen MR) is 84.9 cm³/mol. The maximum atomic E-state index is 10.9. The van der Waals surface area contributed by atoms with Crippen molar-refractivity contribution < 1.29 is 10.0 Å². The smallest absolute Gasteiger partial charge is 0.288 e. The fraction of sp³-hybridized carbons (Fsp3) is 0.571. The van der Waals surface area contributed by atoms with Crippen LogP contribution in [0.2, 0.25) is 5.02 Å². The Bertz CT molecular complexity index is 493. The third-order valence-corrected chi connectivity index (χ3v) is 4.37. The number of nitro benzene ring substituents is 1. The van der Waals surface area contributed by atoms with Crippen molar-refractivity contribution in [2.75, 3.05) is 0 Å². The molecule has 7 heteroatoms. The van der Waals surface area contributed by atoms with Crippen LogP contribution in [0.25, 0.3) is 0 Å². The second kappa shape index (κ2) is 7.94. The maximum absolute atomic E-state index is 10.9. The van der Waals surface area contributed by atoms with Gasteiger partial charge in [-0.3, -0.25) is 10.1 Å². The van der Waals surface area contributed by atoms with Gasteiger partial charge in [0.25, 0.3) is 5.69 Å². The van der Waals surface area contributed by atoms with E-state index in [1.807, 2.05) is 0 Å². The summed E-state index contributed by atoms with van der Waals surface area (Å²) in [7, 11) is 0. The summed E-state index contributed by atoms with van der Waals surface area (Å²) in [5.41, 5.74) is 6.46. The topological polar surface area (TPSA) is 89.4 Å². The summed E-state index contributed by atoms with van der Waals surface area (Å²) < 4.78 is 0. The number of halogens is 2. The molecule has 2 atom stereocenters. The zero-order valence-electron chi connectivity index (χ0n) is 11.6. The molecule has 0 spiro atoms. The highest BCUT2D eigenvalue weighted by Crippen LogP contribution is 2.33. The zero-order chi connectivity index (χ0) is 14.7. The van der Waals surface area contributed by atoms with Crippen molar-refractivity contribution in [3.63, 3.8) is 0 Å². The number of benzene rings is 1. The monoisotopic (exact) mass is 334 g/mol. The number of nitrogens with zero attached hydrogens (tertiary/aromatic N) is 1. The van der Waals surface area contributed by atoms with Crippen LogP contribution in [0, 0.1) is 16.0 Å². The van der Waals surface area contributed by atoms with Crippen molar-refractivity contribution in [2.45, 2.75) is 44.2 Å². The molecule has 1 saturated carbocycles. The largest absolute Gasteiger partial charge is 0.391 e. The van der Waals surface area contributed by atoms with Crippen LogP contribution in [0.4, 0.5) is 5.69 Å². The highest BCUT2D eigenvalue weighted by Gasteiger charge is 2.28. The first-order chi connectivity index (χ1) is 9.50. The van der Waals surface area contributed by atoms with Crippen LogP contribution >= 0.6 is 24.0 Å². The van der Waals surface area contributed by atoms with Gasteiger partial charge >= 0.3 is 0 Å². The lowest BCUT2D eigenvalue weighted by Gasteiger charge is -2.30. The normalized spacial score (nSPS) is 18.6. The van der Waals surface area contributed by atoms with E-state index in [2.05, 4.69) is 0 Å². The summed E-state index contributed by atoms with van der Waals surface area (Å²) in [6.07, 6.45) is 4.67. The molecular formula is C14H20Cl2N2O3. The summed E-state index contributed by atoms with van der Waals surface area (Å²) in [5, 5.41) is 21.3. The molecule has 1 aromatic rings. The van der Waals surface area contributed by atoms with Gasteiger partial charge in [0.15, 0.2) is 0 Å². The first-order valence-electron chi connectivity index (χ1n) is 6.88. The maximum Gasteiger partial charge on any atom is 0.288 e. The molecule has 21 heavy (non-hydrogen) atoms. The Labute approximate surface area is 135 Å². The molecule has 1 aliphatic carbocycles. The Balaban J connectivity index is 0.00000220. The van der Waals surface area contributed by atoms with E-state index in [4.69, 9.17) is 17.3 Å². The minimum absolute atomic E-state index is 0. The molecule has 0 aromatic heterocycles. The van der Waals surface area contributed by atoms with Gasteiger partial charge in [-0.15, -0.1) is 12.4 Å². The van der Waals surface area contributed by atoms with E-state index in [-0.39, 0.29) is 29.0 Å². The number of hydrogen-bond donors (Lipinski definition) is 2. The van der Waals surface area contributed by atoms with Gasteiger partial charge in [-0.25, -0.2) is 0 Å². The molecule has 0 amide bonds. The first kappa shape index (κ1) is 18.2. The molecule has 2 rings (SSSR count). The SMILES string of the molecule is Cl.N[C@@H](c1ccc(Cl)c([N+](=O)[O-])c1)[C@H](O)C1CCCCC1. The van der Waals surface area contributed by atoms with Crippen molar-refractivity contribution in [3.8, 4) is 0 Å². The van der Waals surface area contributed by atoms with Crippen molar-refractivity contribution in [1.82, 2.24) is 0 Å². The lowest BCUT2D eigenvalue weighted by Crippen LogP contribution is -2.34. The highest BCUT2D eigenvalue weighted by atomic mass is 35.5. The fourth-order valence-electron chi connectivity index (χ4n) is 2.84. The molecule has 0 heterocycles. The van der Waals surface area contributed by atoms with E-state index in [9.17, 15) is 15.2 Å². The Kier molecular flexibility index (Phi) is 6.87. The average molecular weight is 335 g/mol. The van der Waals surface area contributed by atoms with Crippen LogP contribution in [-0.4, -0.2) is 16.1 Å². The average Bonchev–Trinajstić information content (AvgIpc) is 2.47. The summed E-state index contributed by atoms with van der Waals surface area (Å²) in [5.74, 6) is 0.175. The Morgan fingerprint density at radius 3 is 2.52 bits per heavy atom. The highest BCUT2D eigenvalue weighted by molar-refractivity contribution is 6.32. The van der Waals surface area contributed by atoms with Crippen LogP contribution in [-0.2, 0) is 0 Å². The van der Waals surface area contributed by atoms with Crippen LogP contribution in [0.5, 0.6) is 0 Å². The second-order valence-corrected chi connectivity index (χ2v) is 5.79. The molecule has 0 radical (unpaired) electrons. The van der Waals surface area contributed by atoms with Gasteiger partial charge in [0.05, 0.1) is 17.1 Å². The van der Waals surface area contributed by atoms with Crippen molar-refractivity contribution >= 4 is 29.7 Å². The molecular weight excluding hydrogens is 315 g/mol. The minimum atomic E-state index is -0.670. The lowest BCUT2D eigenvalue weighted by molar-refractivity contribution is -0.384. The third kappa shape index (κ3) is 4.30. The molecule has 1 aromatic carbocycles. The van der Waals surface area contributed by atoms with Crippen LogP contribution in [0.15, 0.2) is 18.2 Å². The Hall–Kier alpha value is -0.880. The van der Waals surface area contributed by atoms with E-state index in [1.165, 1.54) is 18.6 Å². The second-order valence-electron chi connectivity index (χ2n) is 5.38. The number of hydrogen-bond acceptors (Lipinski definition) is 4. The number of nitro groups is 1. The van der Waals surface area contributed by atoms with Gasteiger partial charge in [0.1, 0.15) is 5.02 Å². The van der Waals surface area contributed by atoms with Crippen LogP contribution in [0.3, 0.4) is 0 Å². The summed E-state index contributed by atoms with van der Waals surface area (Å²) >= 11 is 5.78. The van der Waals surface area contributed by atoms with Gasteiger partial charge in [0, 0.05) is 6.07 Å². The lowest BCUT2D eigenvalue weighted by atomic mass is 9.81. The molecule has 0 bridgehead atoms. The van der Waals surface area contributed by atoms with Crippen LogP contribution in [0.1, 0.15) is 43.7 Å². The molecule has 118 valence electrons.